The molecule has 1 aliphatic rings. The summed E-state index contributed by atoms with van der Waals surface area (Å²) in [5.74, 6) is 0.194. The fraction of sp³-hybridized carbons (Fsp3) is 0.957. The molecule has 27 heavy (non-hydrogen) atoms. The number of aliphatic hydroxyl groups excluding tert-OH is 1. The first-order chi connectivity index (χ1) is 13.2. The lowest BCUT2D eigenvalue weighted by atomic mass is 10.0. The van der Waals surface area contributed by atoms with Crippen molar-refractivity contribution in [1.82, 2.24) is 4.90 Å². The fourth-order valence-corrected chi connectivity index (χ4v) is 4.05. The Kier molecular flexibility index (Phi) is 14.8. The van der Waals surface area contributed by atoms with Gasteiger partial charge in [0.25, 0.3) is 0 Å². The van der Waals surface area contributed by atoms with E-state index in [1.54, 1.807) is 0 Å². The monoisotopic (exact) mass is 383 g/mol. The lowest BCUT2D eigenvalue weighted by molar-refractivity contribution is -0.133. The third-order valence-corrected chi connectivity index (χ3v) is 5.72. The molecule has 1 unspecified atom stereocenters. The zero-order chi connectivity index (χ0) is 19.7. The minimum Gasteiger partial charge on any atom is -0.391 e. The molecule has 0 saturated carbocycles. The molecule has 1 fully saturated rings. The highest BCUT2D eigenvalue weighted by molar-refractivity contribution is 5.76. The second-order valence-corrected chi connectivity index (χ2v) is 8.24. The number of ether oxygens (including phenoxy) is 1. The van der Waals surface area contributed by atoms with E-state index in [4.69, 9.17) is 4.74 Å². The van der Waals surface area contributed by atoms with E-state index >= 15 is 0 Å². The number of carbonyl (C=O) groups excluding carboxylic acids is 1. The average Bonchev–Trinajstić information content (AvgIpc) is 3.04. The van der Waals surface area contributed by atoms with Gasteiger partial charge in [0, 0.05) is 19.6 Å². The van der Waals surface area contributed by atoms with Crippen LogP contribution in [0.2, 0.25) is 0 Å². The van der Waals surface area contributed by atoms with Crippen LogP contribution in [0.15, 0.2) is 0 Å². The molecule has 0 aromatic heterocycles. The van der Waals surface area contributed by atoms with Gasteiger partial charge < -0.3 is 14.7 Å². The van der Waals surface area contributed by atoms with Gasteiger partial charge in [-0.25, -0.2) is 0 Å². The van der Waals surface area contributed by atoms with Crippen molar-refractivity contribution in [3.05, 3.63) is 0 Å². The molecule has 0 aromatic rings. The van der Waals surface area contributed by atoms with Crippen LogP contribution in [-0.4, -0.2) is 47.8 Å². The van der Waals surface area contributed by atoms with Crippen LogP contribution < -0.4 is 0 Å². The first kappa shape index (κ1) is 24.4. The summed E-state index contributed by atoms with van der Waals surface area (Å²) in [6.45, 7) is 5.93. The number of carbonyl (C=O) groups is 1. The Bertz CT molecular complexity index is 362. The van der Waals surface area contributed by atoms with E-state index in [2.05, 4.69) is 6.92 Å². The van der Waals surface area contributed by atoms with Crippen LogP contribution >= 0.6 is 0 Å². The van der Waals surface area contributed by atoms with Gasteiger partial charge in [-0.1, -0.05) is 84.0 Å². The van der Waals surface area contributed by atoms with E-state index in [0.29, 0.717) is 32.6 Å². The maximum atomic E-state index is 12.4. The van der Waals surface area contributed by atoms with Crippen molar-refractivity contribution in [2.45, 2.75) is 122 Å². The van der Waals surface area contributed by atoms with E-state index in [0.717, 1.165) is 12.8 Å². The van der Waals surface area contributed by atoms with E-state index in [1.165, 1.54) is 70.6 Å². The van der Waals surface area contributed by atoms with Gasteiger partial charge in [-0.05, 0) is 19.8 Å². The minimum atomic E-state index is -0.383. The van der Waals surface area contributed by atoms with Crippen LogP contribution in [0.4, 0.5) is 0 Å². The van der Waals surface area contributed by atoms with Crippen molar-refractivity contribution < 1.29 is 14.6 Å². The molecule has 160 valence electrons. The molecule has 0 radical (unpaired) electrons. The normalized spacial score (nSPS) is 19.7. The molecule has 1 rings (SSSR count). The lowest BCUT2D eigenvalue weighted by Crippen LogP contribution is -2.38. The third kappa shape index (κ3) is 11.7. The van der Waals surface area contributed by atoms with Crippen LogP contribution in [0.3, 0.4) is 0 Å². The molecule has 1 N–H and O–H groups in total. The Balaban J connectivity index is 1.94. The van der Waals surface area contributed by atoms with Gasteiger partial charge in [0.15, 0.2) is 0 Å². The lowest BCUT2D eigenvalue weighted by Gasteiger charge is -2.24. The Hall–Kier alpha value is -0.610. The Morgan fingerprint density at radius 1 is 0.889 bits per heavy atom. The molecule has 0 aliphatic carbocycles. The molecule has 4 nitrogen and oxygen atoms in total. The summed E-state index contributed by atoms with van der Waals surface area (Å²) in [6.07, 6.45) is 18.1. The number of β-amino-alcohol motifs (C(OH)–C–C–N with tert-alkyl or cyclic N) is 1. The zero-order valence-electron chi connectivity index (χ0n) is 18.1. The van der Waals surface area contributed by atoms with Gasteiger partial charge in [0.1, 0.15) is 0 Å². The topological polar surface area (TPSA) is 49.8 Å². The number of nitrogens with zero attached hydrogens (tertiary/aromatic N) is 1. The van der Waals surface area contributed by atoms with Gasteiger partial charge in [0.05, 0.1) is 18.8 Å². The molecular weight excluding hydrogens is 338 g/mol. The summed E-state index contributed by atoms with van der Waals surface area (Å²) < 4.78 is 5.46. The number of rotatable bonds is 17. The number of amides is 1. The van der Waals surface area contributed by atoms with E-state index in [-0.39, 0.29) is 18.1 Å². The molecule has 1 amide bonds. The summed E-state index contributed by atoms with van der Waals surface area (Å²) in [7, 11) is 0. The largest absolute Gasteiger partial charge is 0.391 e. The predicted octanol–water partition coefficient (Wildman–Crippen LogP) is 5.47. The number of unbranched alkanes of at least 4 members (excludes halogenated alkanes) is 12. The smallest absolute Gasteiger partial charge is 0.222 e. The van der Waals surface area contributed by atoms with Crippen LogP contribution in [-0.2, 0) is 9.53 Å². The van der Waals surface area contributed by atoms with Gasteiger partial charge in [0.2, 0.25) is 5.91 Å². The highest BCUT2D eigenvalue weighted by Crippen LogP contribution is 2.20. The molecule has 0 aromatic carbocycles. The Morgan fingerprint density at radius 3 is 1.93 bits per heavy atom. The van der Waals surface area contributed by atoms with E-state index in [1.807, 2.05) is 11.8 Å². The number of aliphatic hydroxyl groups is 1. The SMILES string of the molecule is CCCCCCCCCCCCCCCC(=O)N1C[C@H](O)CC1COCC. The van der Waals surface area contributed by atoms with E-state index in [9.17, 15) is 9.90 Å². The van der Waals surface area contributed by atoms with Crippen LogP contribution in [0.1, 0.15) is 110 Å². The molecule has 1 heterocycles. The van der Waals surface area contributed by atoms with Crippen molar-refractivity contribution in [1.29, 1.82) is 0 Å². The van der Waals surface area contributed by atoms with Crippen LogP contribution in [0.25, 0.3) is 0 Å². The second kappa shape index (κ2) is 16.4. The molecule has 2 atom stereocenters. The maximum Gasteiger partial charge on any atom is 0.222 e. The molecule has 0 bridgehead atoms. The summed E-state index contributed by atoms with van der Waals surface area (Å²) >= 11 is 0. The summed E-state index contributed by atoms with van der Waals surface area (Å²) in [5, 5.41) is 9.85. The Morgan fingerprint density at radius 2 is 1.41 bits per heavy atom. The zero-order valence-corrected chi connectivity index (χ0v) is 18.1. The summed E-state index contributed by atoms with van der Waals surface area (Å²) in [4.78, 5) is 14.3. The summed E-state index contributed by atoms with van der Waals surface area (Å²) in [6, 6.07) is 0.0643. The fourth-order valence-electron chi connectivity index (χ4n) is 4.05. The van der Waals surface area contributed by atoms with Gasteiger partial charge in [-0.3, -0.25) is 4.79 Å². The summed E-state index contributed by atoms with van der Waals surface area (Å²) in [5.41, 5.74) is 0. The molecule has 4 heteroatoms. The second-order valence-electron chi connectivity index (χ2n) is 8.24. The van der Waals surface area contributed by atoms with Crippen LogP contribution in [0.5, 0.6) is 0 Å². The van der Waals surface area contributed by atoms with Gasteiger partial charge in [-0.2, -0.15) is 0 Å². The number of hydrogen-bond acceptors (Lipinski definition) is 3. The first-order valence-corrected chi connectivity index (χ1v) is 11.7. The quantitative estimate of drug-likeness (QED) is 0.339. The Labute approximate surface area is 168 Å². The highest BCUT2D eigenvalue weighted by atomic mass is 16.5. The molecular formula is C23H45NO3. The molecule has 1 saturated heterocycles. The average molecular weight is 384 g/mol. The molecule has 1 aliphatic heterocycles. The van der Waals surface area contributed by atoms with Crippen molar-refractivity contribution in [2.75, 3.05) is 19.8 Å². The standard InChI is InChI=1S/C23H45NO3/c1-3-5-6-7-8-9-10-11-12-13-14-15-16-17-23(26)24-19-22(25)18-21(24)20-27-4-2/h21-22,25H,3-20H2,1-2H3/t21?,22-/m1/s1. The first-order valence-electron chi connectivity index (χ1n) is 11.7. The van der Waals surface area contributed by atoms with Crippen LogP contribution in [0, 0.1) is 0 Å². The predicted molar refractivity (Wildman–Crippen MR) is 113 cm³/mol. The maximum absolute atomic E-state index is 12.4. The van der Waals surface area contributed by atoms with E-state index < -0.39 is 0 Å². The van der Waals surface area contributed by atoms with Crippen molar-refractivity contribution in [3.8, 4) is 0 Å². The minimum absolute atomic E-state index is 0.0643. The van der Waals surface area contributed by atoms with Gasteiger partial charge >= 0.3 is 0 Å². The van der Waals surface area contributed by atoms with Gasteiger partial charge in [-0.15, -0.1) is 0 Å². The van der Waals surface area contributed by atoms with Crippen molar-refractivity contribution >= 4 is 5.91 Å². The van der Waals surface area contributed by atoms with Crippen molar-refractivity contribution in [2.24, 2.45) is 0 Å². The van der Waals surface area contributed by atoms with Crippen molar-refractivity contribution in [3.63, 3.8) is 0 Å². The third-order valence-electron chi connectivity index (χ3n) is 5.72. The highest BCUT2D eigenvalue weighted by Gasteiger charge is 2.33. The number of likely N-dealkylation sites (tertiary alicyclic amines) is 1. The number of hydrogen-bond donors (Lipinski definition) is 1. The molecule has 0 spiro atoms.